The minimum Gasteiger partial charge on any atom is -0.508 e. The molecule has 0 saturated carbocycles. The second-order valence-electron chi connectivity index (χ2n) is 6.26. The third-order valence-corrected chi connectivity index (χ3v) is 4.27. The van der Waals surface area contributed by atoms with Gasteiger partial charge in [-0.1, -0.05) is 26.8 Å². The molecule has 1 amide bonds. The van der Waals surface area contributed by atoms with Crippen LogP contribution in [0.15, 0.2) is 18.2 Å². The summed E-state index contributed by atoms with van der Waals surface area (Å²) in [4.78, 5) is 26.2. The first kappa shape index (κ1) is 16.9. The lowest BCUT2D eigenvalue weighted by Gasteiger charge is -2.26. The minimum atomic E-state index is -0.770. The molecule has 1 aromatic rings. The van der Waals surface area contributed by atoms with E-state index in [4.69, 9.17) is 0 Å². The number of carbonyl (C=O) groups excluding carboxylic acids is 2. The van der Waals surface area contributed by atoms with Crippen LogP contribution in [-0.2, 0) is 9.59 Å². The summed E-state index contributed by atoms with van der Waals surface area (Å²) in [6, 6.07) is 2.26. The molecule has 3 N–H and O–H groups in total. The second kappa shape index (κ2) is 5.95. The van der Waals surface area contributed by atoms with E-state index in [2.05, 4.69) is 0 Å². The highest BCUT2D eigenvalue weighted by atomic mass is 16.3. The van der Waals surface area contributed by atoms with Crippen molar-refractivity contribution in [1.29, 1.82) is 0 Å². The Balaban J connectivity index is 2.39. The van der Waals surface area contributed by atoms with Crippen molar-refractivity contribution in [3.05, 3.63) is 23.8 Å². The van der Waals surface area contributed by atoms with Crippen LogP contribution < -0.4 is 0 Å². The quantitative estimate of drug-likeness (QED) is 0.450. The zero-order chi connectivity index (χ0) is 17.4. The Morgan fingerprint density at radius 2 is 1.87 bits per heavy atom. The van der Waals surface area contributed by atoms with Gasteiger partial charge in [0.1, 0.15) is 5.75 Å². The average molecular weight is 319 g/mol. The number of phenolic OH excluding ortho intramolecular Hbond substituents is 3. The van der Waals surface area contributed by atoms with Gasteiger partial charge in [-0.05, 0) is 18.9 Å². The van der Waals surface area contributed by atoms with Crippen LogP contribution in [0.1, 0.15) is 39.2 Å². The Kier molecular flexibility index (Phi) is 4.36. The molecule has 0 unspecified atom stereocenters. The van der Waals surface area contributed by atoms with Gasteiger partial charge >= 0.3 is 0 Å². The lowest BCUT2D eigenvalue weighted by atomic mass is 9.84. The number of aromatic hydroxyl groups is 3. The van der Waals surface area contributed by atoms with E-state index in [0.29, 0.717) is 25.1 Å². The van der Waals surface area contributed by atoms with Crippen molar-refractivity contribution in [2.75, 3.05) is 6.54 Å². The van der Waals surface area contributed by atoms with Crippen LogP contribution in [0.25, 0.3) is 5.70 Å². The fourth-order valence-electron chi connectivity index (χ4n) is 2.40. The molecule has 6 nitrogen and oxygen atoms in total. The van der Waals surface area contributed by atoms with Crippen LogP contribution in [0.4, 0.5) is 0 Å². The fraction of sp³-hybridized carbons (Fsp3) is 0.412. The number of rotatable bonds is 4. The summed E-state index contributed by atoms with van der Waals surface area (Å²) in [7, 11) is 0. The largest absolute Gasteiger partial charge is 0.508 e. The molecule has 0 aromatic heterocycles. The number of nitrogens with zero attached hydrogens (tertiary/aromatic N) is 1. The van der Waals surface area contributed by atoms with Gasteiger partial charge in [0, 0.05) is 23.6 Å². The highest BCUT2D eigenvalue weighted by Crippen LogP contribution is 2.40. The molecule has 1 aromatic carbocycles. The Hall–Kier alpha value is -2.50. The molecule has 0 aliphatic carbocycles. The SMILES string of the molecule is CCC(C)(C)C(=O)C(=O)N1CCC=C1c1cc(O)cc(O)c1O. The molecular weight excluding hydrogens is 298 g/mol. The molecule has 1 aliphatic heterocycles. The Morgan fingerprint density at radius 1 is 1.22 bits per heavy atom. The number of benzene rings is 1. The van der Waals surface area contributed by atoms with Crippen LogP contribution in [-0.4, -0.2) is 38.5 Å². The Morgan fingerprint density at radius 3 is 2.48 bits per heavy atom. The lowest BCUT2D eigenvalue weighted by Crippen LogP contribution is -2.40. The first-order valence-corrected chi connectivity index (χ1v) is 7.50. The molecule has 1 aliphatic rings. The van der Waals surface area contributed by atoms with Gasteiger partial charge in [0.05, 0.1) is 5.70 Å². The van der Waals surface area contributed by atoms with Crippen LogP contribution in [0, 0.1) is 5.41 Å². The van der Waals surface area contributed by atoms with Crippen molar-refractivity contribution < 1.29 is 24.9 Å². The molecule has 0 radical (unpaired) electrons. The summed E-state index contributed by atoms with van der Waals surface area (Å²) < 4.78 is 0. The maximum absolute atomic E-state index is 12.5. The molecule has 0 saturated heterocycles. The van der Waals surface area contributed by atoms with Crippen LogP contribution in [0.5, 0.6) is 17.2 Å². The predicted octanol–water partition coefficient (Wildman–Crippen LogP) is 2.38. The monoisotopic (exact) mass is 319 g/mol. The first-order chi connectivity index (χ1) is 10.7. The summed E-state index contributed by atoms with van der Waals surface area (Å²) in [6.45, 7) is 5.58. The standard InChI is InChI=1S/C17H21NO5/c1-4-17(2,3)15(22)16(23)18-7-5-6-12(18)11-8-10(19)9-13(20)14(11)21/h6,8-9,19-21H,4-5,7H2,1-3H3. The van der Waals surface area contributed by atoms with E-state index in [1.54, 1.807) is 19.9 Å². The van der Waals surface area contributed by atoms with E-state index in [-0.39, 0.29) is 11.3 Å². The minimum absolute atomic E-state index is 0.121. The third-order valence-electron chi connectivity index (χ3n) is 4.27. The van der Waals surface area contributed by atoms with Gasteiger partial charge in [0.2, 0.25) is 5.78 Å². The van der Waals surface area contributed by atoms with Crippen molar-refractivity contribution in [2.45, 2.75) is 33.6 Å². The molecule has 1 heterocycles. The van der Waals surface area contributed by atoms with Crippen molar-refractivity contribution in [3.8, 4) is 17.2 Å². The van der Waals surface area contributed by atoms with Gasteiger partial charge in [-0.25, -0.2) is 0 Å². The highest BCUT2D eigenvalue weighted by Gasteiger charge is 2.37. The number of ketones is 1. The van der Waals surface area contributed by atoms with Crippen LogP contribution in [0.3, 0.4) is 0 Å². The van der Waals surface area contributed by atoms with Gasteiger partial charge in [-0.15, -0.1) is 0 Å². The molecule has 0 atom stereocenters. The Bertz CT molecular complexity index is 690. The maximum atomic E-state index is 12.5. The number of hydrogen-bond acceptors (Lipinski definition) is 5. The van der Waals surface area contributed by atoms with Gasteiger partial charge in [-0.2, -0.15) is 0 Å². The molecule has 124 valence electrons. The fourth-order valence-corrected chi connectivity index (χ4v) is 2.40. The summed E-state index contributed by atoms with van der Waals surface area (Å²) in [5, 5.41) is 29.2. The smallest absolute Gasteiger partial charge is 0.294 e. The van der Waals surface area contributed by atoms with Crippen molar-refractivity contribution >= 4 is 17.4 Å². The number of carbonyl (C=O) groups is 2. The second-order valence-corrected chi connectivity index (χ2v) is 6.26. The third kappa shape index (κ3) is 3.02. The van der Waals surface area contributed by atoms with Gasteiger partial charge in [-0.3, -0.25) is 9.59 Å². The topological polar surface area (TPSA) is 98.1 Å². The number of hydrogen-bond donors (Lipinski definition) is 3. The normalized spacial score (nSPS) is 14.7. The van der Waals surface area contributed by atoms with Crippen molar-refractivity contribution in [1.82, 2.24) is 4.90 Å². The van der Waals surface area contributed by atoms with Gasteiger partial charge < -0.3 is 20.2 Å². The number of phenols is 3. The summed E-state index contributed by atoms with van der Waals surface area (Å²) >= 11 is 0. The number of Topliss-reactive ketones (excluding diaryl/α,β-unsaturated/α-hetero) is 1. The zero-order valence-corrected chi connectivity index (χ0v) is 13.5. The first-order valence-electron chi connectivity index (χ1n) is 7.50. The maximum Gasteiger partial charge on any atom is 0.294 e. The summed E-state index contributed by atoms with van der Waals surface area (Å²) in [6.07, 6.45) is 2.75. The zero-order valence-electron chi connectivity index (χ0n) is 13.5. The number of amides is 1. The molecule has 2 rings (SSSR count). The average Bonchev–Trinajstić information content (AvgIpc) is 2.98. The van der Waals surface area contributed by atoms with Crippen molar-refractivity contribution in [3.63, 3.8) is 0 Å². The summed E-state index contributed by atoms with van der Waals surface area (Å²) in [5.74, 6) is -2.31. The highest BCUT2D eigenvalue weighted by molar-refractivity contribution is 6.39. The van der Waals surface area contributed by atoms with E-state index >= 15 is 0 Å². The van der Waals surface area contributed by atoms with Crippen LogP contribution in [0.2, 0.25) is 0 Å². The van der Waals surface area contributed by atoms with Gasteiger partial charge in [0.25, 0.3) is 5.91 Å². The van der Waals surface area contributed by atoms with Crippen molar-refractivity contribution in [2.24, 2.45) is 5.41 Å². The molecule has 23 heavy (non-hydrogen) atoms. The van der Waals surface area contributed by atoms with E-state index in [1.807, 2.05) is 6.92 Å². The lowest BCUT2D eigenvalue weighted by molar-refractivity contribution is -0.147. The molecule has 0 bridgehead atoms. The molecular formula is C17H21NO5. The van der Waals surface area contributed by atoms with E-state index in [1.165, 1.54) is 11.0 Å². The van der Waals surface area contributed by atoms with E-state index < -0.39 is 28.6 Å². The van der Waals surface area contributed by atoms with Crippen LogP contribution >= 0.6 is 0 Å². The Labute approximate surface area is 134 Å². The molecule has 6 heteroatoms. The molecule has 0 spiro atoms. The predicted molar refractivity (Wildman–Crippen MR) is 84.8 cm³/mol. The van der Waals surface area contributed by atoms with Gasteiger partial charge in [0.15, 0.2) is 11.5 Å². The summed E-state index contributed by atoms with van der Waals surface area (Å²) in [5.41, 5.74) is -0.331. The van der Waals surface area contributed by atoms with E-state index in [9.17, 15) is 24.9 Å². The molecule has 0 fully saturated rings. The van der Waals surface area contributed by atoms with E-state index in [0.717, 1.165) is 6.07 Å².